The molecule has 1 aromatic rings. The van der Waals surface area contributed by atoms with Crippen LogP contribution in [0.1, 0.15) is 5.56 Å². The Labute approximate surface area is 136 Å². The molecule has 1 atom stereocenters. The first-order valence-corrected chi connectivity index (χ1v) is 8.63. The average molecular weight is 368 g/mol. The number of benzene rings is 1. The van der Waals surface area contributed by atoms with E-state index in [1.807, 2.05) is 0 Å². The van der Waals surface area contributed by atoms with Crippen LogP contribution in [0.5, 0.6) is 0 Å². The van der Waals surface area contributed by atoms with Crippen LogP contribution in [0.15, 0.2) is 45.9 Å². The second-order valence-electron chi connectivity index (χ2n) is 4.96. The zero-order valence-electron chi connectivity index (χ0n) is 11.9. The molecule has 2 rings (SSSR count). The molecule has 1 heterocycles. The average Bonchev–Trinajstić information content (AvgIpc) is 2.40. The standard InChI is InChI=1S/C13H13ClF3N3O2S/c1-23(21,22)9-4-2-3-8(5-9)6-20-7-10(13(15,16)17)11(18)19-12(20)14/h2-5,7,12H,6H2,1H3,(H2,18,19). The summed E-state index contributed by atoms with van der Waals surface area (Å²) in [7, 11) is -3.42. The normalized spacial score (nSPS) is 19.3. The third-order valence-corrected chi connectivity index (χ3v) is 4.55. The van der Waals surface area contributed by atoms with Crippen LogP contribution in [0.2, 0.25) is 0 Å². The Hall–Kier alpha value is -1.74. The second kappa shape index (κ2) is 6.04. The molecule has 1 aromatic carbocycles. The van der Waals surface area contributed by atoms with Crippen molar-refractivity contribution >= 4 is 27.3 Å². The quantitative estimate of drug-likeness (QED) is 0.656. The zero-order chi connectivity index (χ0) is 17.4. The van der Waals surface area contributed by atoms with Crippen LogP contribution in [0.3, 0.4) is 0 Å². The lowest BCUT2D eigenvalue weighted by Crippen LogP contribution is -2.37. The highest BCUT2D eigenvalue weighted by molar-refractivity contribution is 7.90. The van der Waals surface area contributed by atoms with Gasteiger partial charge in [0, 0.05) is 19.0 Å². The number of alkyl halides is 4. The van der Waals surface area contributed by atoms with Gasteiger partial charge in [-0.25, -0.2) is 13.4 Å². The highest BCUT2D eigenvalue weighted by Gasteiger charge is 2.39. The van der Waals surface area contributed by atoms with Gasteiger partial charge in [0.1, 0.15) is 11.4 Å². The van der Waals surface area contributed by atoms with Crippen molar-refractivity contribution in [3.63, 3.8) is 0 Å². The Kier molecular flexibility index (Phi) is 4.63. The van der Waals surface area contributed by atoms with Gasteiger partial charge < -0.3 is 10.6 Å². The molecule has 0 amide bonds. The Morgan fingerprint density at radius 1 is 1.39 bits per heavy atom. The monoisotopic (exact) mass is 367 g/mol. The summed E-state index contributed by atoms with van der Waals surface area (Å²) in [5.74, 6) is -0.682. The number of aliphatic imine (C=N–C) groups is 1. The van der Waals surface area contributed by atoms with Gasteiger partial charge in [-0.2, -0.15) is 13.2 Å². The van der Waals surface area contributed by atoms with Crippen molar-refractivity contribution in [1.82, 2.24) is 4.90 Å². The van der Waals surface area contributed by atoms with E-state index in [0.29, 0.717) is 5.56 Å². The zero-order valence-corrected chi connectivity index (χ0v) is 13.5. The van der Waals surface area contributed by atoms with Gasteiger partial charge in [0.2, 0.25) is 0 Å². The van der Waals surface area contributed by atoms with Crippen molar-refractivity contribution in [3.8, 4) is 0 Å². The van der Waals surface area contributed by atoms with E-state index in [9.17, 15) is 21.6 Å². The molecule has 0 bridgehead atoms. The Bertz CT molecular complexity index is 775. The molecule has 0 spiro atoms. The molecule has 10 heteroatoms. The lowest BCUT2D eigenvalue weighted by Gasteiger charge is -2.29. The molecule has 2 N–H and O–H groups in total. The van der Waals surface area contributed by atoms with Crippen LogP contribution in [0.25, 0.3) is 0 Å². The predicted molar refractivity (Wildman–Crippen MR) is 80.5 cm³/mol. The predicted octanol–water partition coefficient (Wildman–Crippen LogP) is 2.23. The summed E-state index contributed by atoms with van der Waals surface area (Å²) < 4.78 is 61.7. The molecule has 23 heavy (non-hydrogen) atoms. The van der Waals surface area contributed by atoms with Crippen LogP contribution in [0, 0.1) is 0 Å². The maximum Gasteiger partial charge on any atom is 0.421 e. The number of hydrogen-bond acceptors (Lipinski definition) is 5. The molecule has 0 fully saturated rings. The second-order valence-corrected chi connectivity index (χ2v) is 7.36. The van der Waals surface area contributed by atoms with E-state index < -0.39 is 33.0 Å². The molecule has 1 unspecified atom stereocenters. The van der Waals surface area contributed by atoms with Gasteiger partial charge >= 0.3 is 6.18 Å². The van der Waals surface area contributed by atoms with Gasteiger partial charge in [-0.15, -0.1) is 0 Å². The van der Waals surface area contributed by atoms with Gasteiger partial charge in [-0.1, -0.05) is 23.7 Å². The molecular formula is C13H13ClF3N3O2S. The maximum absolute atomic E-state index is 12.9. The highest BCUT2D eigenvalue weighted by Crippen LogP contribution is 2.30. The van der Waals surface area contributed by atoms with Crippen molar-refractivity contribution < 1.29 is 21.6 Å². The lowest BCUT2D eigenvalue weighted by molar-refractivity contribution is -0.0877. The van der Waals surface area contributed by atoms with Crippen molar-refractivity contribution in [2.75, 3.05) is 6.26 Å². The van der Waals surface area contributed by atoms with E-state index in [-0.39, 0.29) is 11.4 Å². The first kappa shape index (κ1) is 17.6. The minimum absolute atomic E-state index is 0.0477. The number of amidine groups is 1. The molecule has 1 aliphatic rings. The fraction of sp³-hybridized carbons (Fsp3) is 0.308. The van der Waals surface area contributed by atoms with E-state index in [0.717, 1.165) is 17.4 Å². The van der Waals surface area contributed by atoms with Gasteiger partial charge in [-0.05, 0) is 17.7 Å². The fourth-order valence-corrected chi connectivity index (χ4v) is 2.90. The summed E-state index contributed by atoms with van der Waals surface area (Å²) in [5, 5.41) is 0. The molecule has 1 aliphatic heterocycles. The summed E-state index contributed by atoms with van der Waals surface area (Å²) in [5.41, 5.74) is 3.54. The smallest absolute Gasteiger partial charge is 0.383 e. The minimum atomic E-state index is -4.66. The lowest BCUT2D eigenvalue weighted by atomic mass is 10.2. The van der Waals surface area contributed by atoms with Crippen LogP contribution in [0.4, 0.5) is 13.2 Å². The summed E-state index contributed by atoms with van der Waals surface area (Å²) in [6.45, 7) is -0.0477. The van der Waals surface area contributed by atoms with Crippen molar-refractivity contribution in [2.24, 2.45) is 10.7 Å². The van der Waals surface area contributed by atoms with Crippen LogP contribution >= 0.6 is 11.6 Å². The summed E-state index contributed by atoms with van der Waals surface area (Å²) >= 11 is 5.90. The Balaban J connectivity index is 2.31. The topological polar surface area (TPSA) is 75.8 Å². The minimum Gasteiger partial charge on any atom is -0.383 e. The molecular weight excluding hydrogens is 355 g/mol. The maximum atomic E-state index is 12.9. The molecule has 126 valence electrons. The van der Waals surface area contributed by atoms with Gasteiger partial charge in [0.15, 0.2) is 15.5 Å². The van der Waals surface area contributed by atoms with Gasteiger partial charge in [0.05, 0.1) is 4.90 Å². The number of halogens is 4. The number of rotatable bonds is 3. The van der Waals surface area contributed by atoms with Crippen molar-refractivity contribution in [1.29, 1.82) is 0 Å². The van der Waals surface area contributed by atoms with E-state index >= 15 is 0 Å². The van der Waals surface area contributed by atoms with Gasteiger partial charge in [0.25, 0.3) is 0 Å². The van der Waals surface area contributed by atoms with E-state index in [1.165, 1.54) is 18.2 Å². The fourth-order valence-electron chi connectivity index (χ4n) is 1.98. The number of nitrogens with zero attached hydrogens (tertiary/aromatic N) is 2. The Morgan fingerprint density at radius 2 is 2.04 bits per heavy atom. The van der Waals surface area contributed by atoms with E-state index in [4.69, 9.17) is 17.3 Å². The summed E-state index contributed by atoms with van der Waals surface area (Å²) in [6.07, 6.45) is -2.82. The summed E-state index contributed by atoms with van der Waals surface area (Å²) in [4.78, 5) is 4.76. The third-order valence-electron chi connectivity index (χ3n) is 3.09. The van der Waals surface area contributed by atoms with Crippen molar-refractivity contribution in [3.05, 3.63) is 41.6 Å². The van der Waals surface area contributed by atoms with Gasteiger partial charge in [-0.3, -0.25) is 0 Å². The van der Waals surface area contributed by atoms with Crippen LogP contribution < -0.4 is 5.73 Å². The molecule has 5 nitrogen and oxygen atoms in total. The number of nitrogens with two attached hydrogens (primary N) is 1. The SMILES string of the molecule is CS(=O)(=O)c1cccc(CN2C=C(C(F)(F)F)C(N)=NC2Cl)c1. The largest absolute Gasteiger partial charge is 0.421 e. The number of sulfone groups is 1. The Morgan fingerprint density at radius 3 is 2.61 bits per heavy atom. The van der Waals surface area contributed by atoms with E-state index in [1.54, 1.807) is 6.07 Å². The van der Waals surface area contributed by atoms with Crippen molar-refractivity contribution in [2.45, 2.75) is 23.2 Å². The molecule has 0 radical (unpaired) electrons. The molecule has 0 saturated heterocycles. The summed E-state index contributed by atoms with van der Waals surface area (Å²) in [6, 6.07) is 5.87. The van der Waals surface area contributed by atoms with Crippen LogP contribution in [-0.2, 0) is 16.4 Å². The highest BCUT2D eigenvalue weighted by atomic mass is 35.5. The molecule has 0 saturated carbocycles. The number of hydrogen-bond donors (Lipinski definition) is 1. The molecule has 0 aromatic heterocycles. The third kappa shape index (κ3) is 4.17. The first-order valence-electron chi connectivity index (χ1n) is 6.30. The first-order chi connectivity index (χ1) is 10.5. The van der Waals surface area contributed by atoms with E-state index in [2.05, 4.69) is 4.99 Å². The van der Waals surface area contributed by atoms with Crippen LogP contribution in [-0.4, -0.2) is 37.2 Å². The molecule has 0 aliphatic carbocycles.